The van der Waals surface area contributed by atoms with Gasteiger partial charge in [0.05, 0.1) is 22.7 Å². The van der Waals surface area contributed by atoms with Gasteiger partial charge >= 0.3 is 6.03 Å². The number of carbonyl (C=O) groups is 1. The zero-order valence-electron chi connectivity index (χ0n) is 11.0. The van der Waals surface area contributed by atoms with E-state index in [0.717, 1.165) is 11.3 Å². The second kappa shape index (κ2) is 4.65. The average molecular weight is 292 g/mol. The number of anilines is 1. The van der Waals surface area contributed by atoms with Gasteiger partial charge in [0.15, 0.2) is 0 Å². The fraction of sp³-hybridized carbons (Fsp3) is 0.429. The molecule has 3 rings (SSSR count). The van der Waals surface area contributed by atoms with Crippen molar-refractivity contribution in [3.63, 3.8) is 0 Å². The normalized spacial score (nSPS) is 25.0. The second-order valence-corrected chi connectivity index (χ2v) is 5.65. The summed E-state index contributed by atoms with van der Waals surface area (Å²) in [6.07, 6.45) is 0.197. The predicted octanol–water partition coefficient (Wildman–Crippen LogP) is 1.90. The number of benzene rings is 1. The van der Waals surface area contributed by atoms with Gasteiger partial charge in [0.2, 0.25) is 0 Å². The van der Waals surface area contributed by atoms with Crippen LogP contribution in [0, 0.1) is 18.3 Å². The van der Waals surface area contributed by atoms with Crippen molar-refractivity contribution in [3.8, 4) is 6.07 Å². The molecule has 2 aliphatic rings. The number of urea groups is 1. The number of halogens is 1. The zero-order chi connectivity index (χ0) is 14.4. The summed E-state index contributed by atoms with van der Waals surface area (Å²) in [4.78, 5) is 15.8. The highest BCUT2D eigenvalue weighted by atomic mass is 35.5. The predicted molar refractivity (Wildman–Crippen MR) is 74.8 cm³/mol. The molecule has 0 aliphatic carbocycles. The van der Waals surface area contributed by atoms with E-state index in [9.17, 15) is 9.90 Å². The van der Waals surface area contributed by atoms with Gasteiger partial charge in [-0.05, 0) is 31.0 Å². The van der Waals surface area contributed by atoms with E-state index in [1.807, 2.05) is 13.0 Å². The Morgan fingerprint density at radius 1 is 1.45 bits per heavy atom. The Hall–Kier alpha value is -1.77. The van der Waals surface area contributed by atoms with Crippen LogP contribution < -0.4 is 4.90 Å². The highest BCUT2D eigenvalue weighted by Crippen LogP contribution is 2.35. The van der Waals surface area contributed by atoms with Crippen molar-refractivity contribution >= 4 is 23.3 Å². The minimum atomic E-state index is -0.420. The average Bonchev–Trinajstić information content (AvgIpc) is 2.92. The Bertz CT molecular complexity index is 626. The number of rotatable bonds is 1. The first kappa shape index (κ1) is 13.2. The quantitative estimate of drug-likeness (QED) is 0.859. The number of hydrogen-bond acceptors (Lipinski definition) is 3. The fourth-order valence-electron chi connectivity index (χ4n) is 3.00. The first-order valence-electron chi connectivity index (χ1n) is 6.48. The lowest BCUT2D eigenvalue weighted by molar-refractivity contribution is 0.176. The summed E-state index contributed by atoms with van der Waals surface area (Å²) in [6, 6.07) is 5.39. The standard InChI is InChI=1S/C14H14ClN3O2/c1-8-12(3-2-9(5-16)13(8)15)18-6-10-4-11(19)7-17(10)14(18)20/h2-3,10-11,19H,4,6-7H2,1H3/t10-,11+/m0/s1. The molecule has 6 heteroatoms. The van der Waals surface area contributed by atoms with Gasteiger partial charge in [-0.3, -0.25) is 4.90 Å². The minimum absolute atomic E-state index is 0.0614. The number of amides is 2. The van der Waals surface area contributed by atoms with Crippen LogP contribution in [0.4, 0.5) is 10.5 Å². The molecule has 2 heterocycles. The van der Waals surface area contributed by atoms with Crippen LogP contribution in [-0.2, 0) is 0 Å². The van der Waals surface area contributed by atoms with E-state index in [1.54, 1.807) is 21.9 Å². The van der Waals surface area contributed by atoms with Crippen LogP contribution in [0.3, 0.4) is 0 Å². The molecule has 0 aromatic heterocycles. The summed E-state index contributed by atoms with van der Waals surface area (Å²) in [5.41, 5.74) is 1.89. The Kier molecular flexibility index (Phi) is 3.08. The van der Waals surface area contributed by atoms with Crippen molar-refractivity contribution in [2.45, 2.75) is 25.5 Å². The molecule has 2 amide bonds. The molecule has 0 radical (unpaired) electrons. The van der Waals surface area contributed by atoms with Gasteiger partial charge in [-0.1, -0.05) is 11.6 Å². The second-order valence-electron chi connectivity index (χ2n) is 5.27. The maximum Gasteiger partial charge on any atom is 0.324 e. The third-order valence-electron chi connectivity index (χ3n) is 4.03. The number of aliphatic hydroxyl groups is 1. The molecule has 104 valence electrons. The minimum Gasteiger partial charge on any atom is -0.391 e. The summed E-state index contributed by atoms with van der Waals surface area (Å²) in [7, 11) is 0. The lowest BCUT2D eigenvalue weighted by Gasteiger charge is -2.21. The van der Waals surface area contributed by atoms with E-state index in [0.29, 0.717) is 30.1 Å². The molecule has 0 bridgehead atoms. The van der Waals surface area contributed by atoms with E-state index in [1.165, 1.54) is 0 Å². The van der Waals surface area contributed by atoms with Crippen LogP contribution in [0.2, 0.25) is 5.02 Å². The first-order valence-corrected chi connectivity index (χ1v) is 6.86. The molecule has 2 fully saturated rings. The van der Waals surface area contributed by atoms with Crippen LogP contribution in [0.5, 0.6) is 0 Å². The van der Waals surface area contributed by atoms with Gasteiger partial charge in [0.25, 0.3) is 0 Å². The summed E-state index contributed by atoms with van der Waals surface area (Å²) in [5, 5.41) is 19.0. The molecule has 20 heavy (non-hydrogen) atoms. The van der Waals surface area contributed by atoms with E-state index >= 15 is 0 Å². The number of carbonyl (C=O) groups excluding carboxylic acids is 1. The van der Waals surface area contributed by atoms with Gasteiger partial charge in [-0.15, -0.1) is 0 Å². The Morgan fingerprint density at radius 3 is 2.85 bits per heavy atom. The van der Waals surface area contributed by atoms with Gasteiger partial charge < -0.3 is 10.0 Å². The molecule has 0 unspecified atom stereocenters. The molecule has 0 saturated carbocycles. The molecule has 1 aromatic rings. The summed E-state index contributed by atoms with van der Waals surface area (Å²) in [5.74, 6) is 0. The molecule has 2 aliphatic heterocycles. The fourth-order valence-corrected chi connectivity index (χ4v) is 3.20. The topological polar surface area (TPSA) is 67.6 Å². The maximum absolute atomic E-state index is 12.4. The van der Waals surface area contributed by atoms with Crippen LogP contribution >= 0.6 is 11.6 Å². The van der Waals surface area contributed by atoms with E-state index in [-0.39, 0.29) is 12.1 Å². The highest BCUT2D eigenvalue weighted by molar-refractivity contribution is 6.33. The highest BCUT2D eigenvalue weighted by Gasteiger charge is 2.44. The molecular formula is C14H14ClN3O2. The van der Waals surface area contributed by atoms with E-state index in [4.69, 9.17) is 16.9 Å². The smallest absolute Gasteiger partial charge is 0.324 e. The monoisotopic (exact) mass is 291 g/mol. The lowest BCUT2D eigenvalue weighted by Crippen LogP contribution is -2.34. The van der Waals surface area contributed by atoms with Gasteiger partial charge in [0, 0.05) is 18.8 Å². The molecular weight excluding hydrogens is 278 g/mol. The summed E-state index contributed by atoms with van der Waals surface area (Å²) in [6.45, 7) is 2.76. The Morgan fingerprint density at radius 2 is 2.20 bits per heavy atom. The van der Waals surface area contributed by atoms with Crippen molar-refractivity contribution in [1.82, 2.24) is 4.90 Å². The maximum atomic E-state index is 12.4. The van der Waals surface area contributed by atoms with Crippen LogP contribution in [0.15, 0.2) is 12.1 Å². The van der Waals surface area contributed by atoms with Crippen molar-refractivity contribution in [2.24, 2.45) is 0 Å². The zero-order valence-corrected chi connectivity index (χ0v) is 11.8. The number of aliphatic hydroxyl groups excluding tert-OH is 1. The third kappa shape index (κ3) is 1.84. The van der Waals surface area contributed by atoms with Gasteiger partial charge in [-0.2, -0.15) is 5.26 Å². The van der Waals surface area contributed by atoms with E-state index < -0.39 is 6.10 Å². The summed E-state index contributed by atoms with van der Waals surface area (Å²) < 4.78 is 0. The van der Waals surface area contributed by atoms with Crippen LogP contribution in [0.25, 0.3) is 0 Å². The molecule has 2 atom stereocenters. The molecule has 2 saturated heterocycles. The van der Waals surface area contributed by atoms with Gasteiger partial charge in [-0.25, -0.2) is 4.79 Å². The van der Waals surface area contributed by atoms with E-state index in [2.05, 4.69) is 0 Å². The largest absolute Gasteiger partial charge is 0.391 e. The van der Waals surface area contributed by atoms with Gasteiger partial charge in [0.1, 0.15) is 6.07 Å². The molecule has 0 spiro atoms. The number of nitrogens with zero attached hydrogens (tertiary/aromatic N) is 3. The third-order valence-corrected chi connectivity index (χ3v) is 4.52. The van der Waals surface area contributed by atoms with Crippen LogP contribution in [-0.4, -0.2) is 41.3 Å². The van der Waals surface area contributed by atoms with Crippen molar-refractivity contribution in [3.05, 3.63) is 28.3 Å². The lowest BCUT2D eigenvalue weighted by atomic mass is 10.1. The molecule has 5 nitrogen and oxygen atoms in total. The Balaban J connectivity index is 1.94. The van der Waals surface area contributed by atoms with Crippen molar-refractivity contribution in [1.29, 1.82) is 5.26 Å². The number of nitriles is 1. The first-order chi connectivity index (χ1) is 9.52. The number of fused-ring (bicyclic) bond motifs is 1. The molecule has 1 N–H and O–H groups in total. The van der Waals surface area contributed by atoms with Crippen molar-refractivity contribution < 1.29 is 9.90 Å². The van der Waals surface area contributed by atoms with Crippen molar-refractivity contribution in [2.75, 3.05) is 18.0 Å². The SMILES string of the molecule is Cc1c(N2C[C@@H]3C[C@@H](O)CN3C2=O)ccc(C#N)c1Cl. The molecule has 1 aromatic carbocycles. The Labute approximate surface area is 122 Å². The van der Waals surface area contributed by atoms with Crippen LogP contribution in [0.1, 0.15) is 17.5 Å². The summed E-state index contributed by atoms with van der Waals surface area (Å²) >= 11 is 6.15. The number of hydrogen-bond donors (Lipinski definition) is 1.